The summed E-state index contributed by atoms with van der Waals surface area (Å²) in [5, 5.41) is 1.62. The van der Waals surface area contributed by atoms with Crippen LogP contribution in [0.1, 0.15) is 18.5 Å². The molecule has 102 valence electrons. The average Bonchev–Trinajstić information content (AvgIpc) is 2.85. The van der Waals surface area contributed by atoms with Crippen molar-refractivity contribution in [3.8, 4) is 0 Å². The van der Waals surface area contributed by atoms with Gasteiger partial charge in [-0.05, 0) is 30.7 Å². The number of sulfonamides is 1. The molecule has 1 unspecified atom stereocenters. The summed E-state index contributed by atoms with van der Waals surface area (Å²) in [5.41, 5.74) is 6.94. The van der Waals surface area contributed by atoms with Gasteiger partial charge in [0, 0.05) is 36.6 Å². The molecular formula is C12H15N3O2S2. The Kier molecular flexibility index (Phi) is 3.88. The third-order valence-electron chi connectivity index (χ3n) is 2.96. The van der Waals surface area contributed by atoms with Crippen molar-refractivity contribution in [2.75, 3.05) is 12.8 Å². The van der Waals surface area contributed by atoms with Gasteiger partial charge in [-0.15, -0.1) is 11.3 Å². The van der Waals surface area contributed by atoms with E-state index in [0.717, 1.165) is 16.9 Å². The van der Waals surface area contributed by atoms with Crippen LogP contribution in [0.4, 0.5) is 5.69 Å². The normalized spacial score (nSPS) is 13.6. The fourth-order valence-corrected chi connectivity index (χ4v) is 4.28. The Morgan fingerprint density at radius 3 is 2.53 bits per heavy atom. The molecule has 2 N–H and O–H groups in total. The Balaban J connectivity index is 2.31. The molecule has 2 heterocycles. The third-order valence-corrected chi connectivity index (χ3v) is 6.32. The number of pyridine rings is 1. The Morgan fingerprint density at radius 2 is 2.00 bits per heavy atom. The molecule has 0 bridgehead atoms. The number of rotatable bonds is 4. The lowest BCUT2D eigenvalue weighted by Gasteiger charge is -2.23. The minimum atomic E-state index is -3.51. The topological polar surface area (TPSA) is 76.3 Å². The predicted octanol–water partition coefficient (Wildman–Crippen LogP) is 2.11. The molecule has 0 fully saturated rings. The van der Waals surface area contributed by atoms with Crippen LogP contribution in [-0.2, 0) is 10.0 Å². The molecule has 0 aromatic carbocycles. The van der Waals surface area contributed by atoms with Gasteiger partial charge in [0.05, 0.1) is 0 Å². The first-order valence-corrected chi connectivity index (χ1v) is 7.97. The highest BCUT2D eigenvalue weighted by Crippen LogP contribution is 2.29. The largest absolute Gasteiger partial charge is 0.398 e. The number of aromatic nitrogens is 1. The SMILES string of the molecule is CC(c1ccncc1)N(C)S(=O)(=O)c1cc(N)cs1. The van der Waals surface area contributed by atoms with Crippen LogP contribution in [0.15, 0.2) is 40.2 Å². The summed E-state index contributed by atoms with van der Waals surface area (Å²) in [4.78, 5) is 3.93. The number of anilines is 1. The third kappa shape index (κ3) is 2.78. The summed E-state index contributed by atoms with van der Waals surface area (Å²) in [6.07, 6.45) is 3.30. The molecule has 2 aromatic rings. The molecular weight excluding hydrogens is 282 g/mol. The van der Waals surface area contributed by atoms with Crippen LogP contribution in [0.25, 0.3) is 0 Å². The minimum absolute atomic E-state index is 0.258. The maximum absolute atomic E-state index is 12.4. The van der Waals surface area contributed by atoms with E-state index in [1.807, 2.05) is 6.92 Å². The van der Waals surface area contributed by atoms with Crippen LogP contribution in [0.3, 0.4) is 0 Å². The quantitative estimate of drug-likeness (QED) is 0.937. The summed E-state index contributed by atoms with van der Waals surface area (Å²) >= 11 is 1.13. The molecule has 0 amide bonds. The van der Waals surface area contributed by atoms with Gasteiger partial charge in [-0.25, -0.2) is 8.42 Å². The second-order valence-electron chi connectivity index (χ2n) is 4.18. The van der Waals surface area contributed by atoms with E-state index in [4.69, 9.17) is 5.73 Å². The molecule has 0 aliphatic heterocycles. The molecule has 1 atom stereocenters. The van der Waals surface area contributed by atoms with Crippen molar-refractivity contribution < 1.29 is 8.42 Å². The first-order valence-electron chi connectivity index (χ1n) is 5.65. The van der Waals surface area contributed by atoms with Crippen LogP contribution < -0.4 is 5.73 Å². The Bertz CT molecular complexity index is 653. The summed E-state index contributed by atoms with van der Waals surface area (Å²) in [7, 11) is -1.95. The van der Waals surface area contributed by atoms with Crippen molar-refractivity contribution in [1.82, 2.24) is 9.29 Å². The molecule has 0 saturated heterocycles. The zero-order chi connectivity index (χ0) is 14.0. The van der Waals surface area contributed by atoms with E-state index in [0.29, 0.717) is 5.69 Å². The van der Waals surface area contributed by atoms with Crippen LogP contribution in [-0.4, -0.2) is 24.8 Å². The van der Waals surface area contributed by atoms with Gasteiger partial charge >= 0.3 is 0 Å². The van der Waals surface area contributed by atoms with Crippen LogP contribution in [0.2, 0.25) is 0 Å². The molecule has 0 spiro atoms. The summed E-state index contributed by atoms with van der Waals surface area (Å²) < 4.78 is 26.4. The number of nitrogens with two attached hydrogens (primary N) is 1. The lowest BCUT2D eigenvalue weighted by Crippen LogP contribution is -2.29. The maximum atomic E-state index is 12.4. The predicted molar refractivity (Wildman–Crippen MR) is 76.3 cm³/mol. The van der Waals surface area contributed by atoms with Gasteiger partial charge in [-0.3, -0.25) is 4.98 Å². The Hall–Kier alpha value is -1.44. The van der Waals surface area contributed by atoms with Gasteiger partial charge < -0.3 is 5.73 Å². The Labute approximate surface area is 116 Å². The number of nitrogen functional groups attached to an aromatic ring is 1. The summed E-state index contributed by atoms with van der Waals surface area (Å²) in [5.74, 6) is 0. The summed E-state index contributed by atoms with van der Waals surface area (Å²) in [6, 6.07) is 4.82. The Morgan fingerprint density at radius 1 is 1.37 bits per heavy atom. The van der Waals surface area contributed by atoms with E-state index >= 15 is 0 Å². The first kappa shape index (κ1) is 14.0. The van der Waals surface area contributed by atoms with E-state index in [9.17, 15) is 8.42 Å². The molecule has 0 aliphatic carbocycles. The molecule has 7 heteroatoms. The van der Waals surface area contributed by atoms with Gasteiger partial charge in [0.15, 0.2) is 0 Å². The van der Waals surface area contributed by atoms with E-state index in [1.165, 1.54) is 10.4 Å². The summed E-state index contributed by atoms with van der Waals surface area (Å²) in [6.45, 7) is 1.84. The second-order valence-corrected chi connectivity index (χ2v) is 7.31. The lowest BCUT2D eigenvalue weighted by atomic mass is 10.1. The van der Waals surface area contributed by atoms with Crippen molar-refractivity contribution in [1.29, 1.82) is 0 Å². The molecule has 19 heavy (non-hydrogen) atoms. The van der Waals surface area contributed by atoms with Gasteiger partial charge in [-0.1, -0.05) is 0 Å². The van der Waals surface area contributed by atoms with Gasteiger partial charge in [0.2, 0.25) is 0 Å². The molecule has 0 aliphatic rings. The van der Waals surface area contributed by atoms with Crippen molar-refractivity contribution in [3.63, 3.8) is 0 Å². The number of hydrogen-bond acceptors (Lipinski definition) is 5. The van der Waals surface area contributed by atoms with Crippen LogP contribution in [0.5, 0.6) is 0 Å². The second kappa shape index (κ2) is 5.28. The fraction of sp³-hybridized carbons (Fsp3) is 0.250. The molecule has 2 aromatic heterocycles. The number of thiophene rings is 1. The van der Waals surface area contributed by atoms with Gasteiger partial charge in [0.1, 0.15) is 4.21 Å². The highest BCUT2D eigenvalue weighted by molar-refractivity contribution is 7.91. The molecule has 2 rings (SSSR count). The number of hydrogen-bond donors (Lipinski definition) is 1. The molecule has 5 nitrogen and oxygen atoms in total. The molecule has 0 saturated carbocycles. The average molecular weight is 297 g/mol. The van der Waals surface area contributed by atoms with Crippen LogP contribution in [0, 0.1) is 0 Å². The van der Waals surface area contributed by atoms with Crippen molar-refractivity contribution in [2.45, 2.75) is 17.2 Å². The van der Waals surface area contributed by atoms with E-state index in [1.54, 1.807) is 37.0 Å². The smallest absolute Gasteiger partial charge is 0.252 e. The zero-order valence-corrected chi connectivity index (χ0v) is 12.3. The highest BCUT2D eigenvalue weighted by atomic mass is 32.2. The maximum Gasteiger partial charge on any atom is 0.252 e. The van der Waals surface area contributed by atoms with E-state index < -0.39 is 10.0 Å². The first-order chi connectivity index (χ1) is 8.93. The number of nitrogens with zero attached hydrogens (tertiary/aromatic N) is 2. The van der Waals surface area contributed by atoms with E-state index in [2.05, 4.69) is 4.98 Å². The standard InChI is InChI=1S/C12H15N3O2S2/c1-9(10-3-5-14-6-4-10)15(2)19(16,17)12-7-11(13)8-18-12/h3-9H,13H2,1-2H3. The van der Waals surface area contributed by atoms with Crippen LogP contribution >= 0.6 is 11.3 Å². The van der Waals surface area contributed by atoms with Crippen molar-refractivity contribution in [2.24, 2.45) is 0 Å². The van der Waals surface area contributed by atoms with E-state index in [-0.39, 0.29) is 10.3 Å². The molecule has 0 radical (unpaired) electrons. The van der Waals surface area contributed by atoms with Gasteiger partial charge in [0.25, 0.3) is 10.0 Å². The minimum Gasteiger partial charge on any atom is -0.398 e. The van der Waals surface area contributed by atoms with Crippen molar-refractivity contribution >= 4 is 27.0 Å². The van der Waals surface area contributed by atoms with Crippen molar-refractivity contribution in [3.05, 3.63) is 41.5 Å². The highest BCUT2D eigenvalue weighted by Gasteiger charge is 2.27. The zero-order valence-electron chi connectivity index (χ0n) is 10.6. The lowest BCUT2D eigenvalue weighted by molar-refractivity contribution is 0.399. The van der Waals surface area contributed by atoms with Gasteiger partial charge in [-0.2, -0.15) is 4.31 Å². The fourth-order valence-electron chi connectivity index (χ4n) is 1.67. The monoisotopic (exact) mass is 297 g/mol.